The fourth-order valence-electron chi connectivity index (χ4n) is 4.67. The summed E-state index contributed by atoms with van der Waals surface area (Å²) < 4.78 is 26.9. The maximum Gasteiger partial charge on any atom is 0.238 e. The quantitative estimate of drug-likeness (QED) is 0.541. The number of aromatic amines is 1. The molecule has 2 N–H and O–H groups in total. The minimum atomic E-state index is -3.42. The minimum absolute atomic E-state index is 0.0411. The summed E-state index contributed by atoms with van der Waals surface area (Å²) in [7, 11) is -3.42. The summed E-state index contributed by atoms with van der Waals surface area (Å²) >= 11 is 0. The van der Waals surface area contributed by atoms with Gasteiger partial charge in [0.2, 0.25) is 15.9 Å². The molecule has 1 saturated heterocycles. The molecule has 1 fully saturated rings. The van der Waals surface area contributed by atoms with E-state index in [0.717, 1.165) is 34.9 Å². The van der Waals surface area contributed by atoms with Gasteiger partial charge < -0.3 is 10.3 Å². The van der Waals surface area contributed by atoms with Gasteiger partial charge in [-0.25, -0.2) is 8.42 Å². The topological polar surface area (TPSA) is 82.3 Å². The van der Waals surface area contributed by atoms with Crippen molar-refractivity contribution < 1.29 is 13.2 Å². The van der Waals surface area contributed by atoms with Crippen LogP contribution in [-0.2, 0) is 14.8 Å². The monoisotopic (exact) mass is 453 g/mol. The van der Waals surface area contributed by atoms with E-state index in [4.69, 9.17) is 0 Å². The van der Waals surface area contributed by atoms with Gasteiger partial charge in [-0.2, -0.15) is 4.31 Å². The number of H-pyrrole nitrogens is 1. The van der Waals surface area contributed by atoms with Crippen LogP contribution in [0.25, 0.3) is 10.9 Å². The molecule has 1 amide bonds. The molecule has 32 heavy (non-hydrogen) atoms. The number of para-hydroxylation sites is 1. The van der Waals surface area contributed by atoms with Crippen LogP contribution in [0.3, 0.4) is 0 Å². The number of sulfonamides is 1. The van der Waals surface area contributed by atoms with Crippen LogP contribution in [0, 0.1) is 0 Å². The number of hydrogen-bond acceptors (Lipinski definition) is 3. The number of benzene rings is 2. The minimum Gasteiger partial charge on any atom is -0.361 e. The summed E-state index contributed by atoms with van der Waals surface area (Å²) in [6, 6.07) is 17.6. The molecule has 0 saturated carbocycles. The van der Waals surface area contributed by atoms with E-state index < -0.39 is 16.1 Å². The highest BCUT2D eigenvalue weighted by atomic mass is 32.2. The van der Waals surface area contributed by atoms with Crippen LogP contribution in [0.4, 0.5) is 0 Å². The second-order valence-electron chi connectivity index (χ2n) is 8.44. The zero-order valence-corrected chi connectivity index (χ0v) is 19.3. The highest BCUT2D eigenvalue weighted by Gasteiger charge is 2.36. The molecule has 1 aromatic heterocycles. The van der Waals surface area contributed by atoms with Crippen molar-refractivity contribution in [2.45, 2.75) is 44.6 Å². The zero-order chi connectivity index (χ0) is 22.6. The van der Waals surface area contributed by atoms with E-state index in [1.54, 1.807) is 0 Å². The van der Waals surface area contributed by atoms with E-state index in [9.17, 15) is 13.2 Å². The summed E-state index contributed by atoms with van der Waals surface area (Å²) in [5, 5.41) is 4.21. The molecular weight excluding hydrogens is 422 g/mol. The molecule has 4 rings (SSSR count). The first kappa shape index (κ1) is 22.6. The van der Waals surface area contributed by atoms with Crippen molar-refractivity contribution >= 4 is 26.8 Å². The van der Waals surface area contributed by atoms with Crippen LogP contribution >= 0.6 is 0 Å². The SMILES string of the molecule is CCCS(=O)(=O)N1CCCC[C@@H]1C(=O)NC[C@@H](c1ccccc1)c1c[nH]c2ccccc12. The molecule has 2 aromatic carbocycles. The van der Waals surface area contributed by atoms with Gasteiger partial charge in [-0.1, -0.05) is 61.9 Å². The third kappa shape index (κ3) is 4.74. The molecule has 1 aliphatic rings. The summed E-state index contributed by atoms with van der Waals surface area (Å²) in [6.07, 6.45) is 4.78. The molecule has 3 aromatic rings. The Labute approximate surface area is 190 Å². The number of fused-ring (bicyclic) bond motifs is 1. The Kier molecular flexibility index (Phi) is 6.96. The predicted molar refractivity (Wildman–Crippen MR) is 128 cm³/mol. The highest BCUT2D eigenvalue weighted by Crippen LogP contribution is 2.30. The van der Waals surface area contributed by atoms with Crippen LogP contribution in [0.1, 0.15) is 49.7 Å². The van der Waals surface area contributed by atoms with Gasteiger partial charge in [-0.15, -0.1) is 0 Å². The molecule has 1 aliphatic heterocycles. The van der Waals surface area contributed by atoms with Crippen molar-refractivity contribution in [1.82, 2.24) is 14.6 Å². The highest BCUT2D eigenvalue weighted by molar-refractivity contribution is 7.89. The van der Waals surface area contributed by atoms with Gasteiger partial charge in [0.1, 0.15) is 6.04 Å². The molecule has 170 valence electrons. The number of piperidine rings is 1. The number of amides is 1. The van der Waals surface area contributed by atoms with Crippen molar-refractivity contribution in [2.24, 2.45) is 0 Å². The molecule has 0 radical (unpaired) electrons. The number of aromatic nitrogens is 1. The number of nitrogens with one attached hydrogen (secondary N) is 2. The Balaban J connectivity index is 1.57. The molecule has 0 aliphatic carbocycles. The van der Waals surface area contributed by atoms with Gasteiger partial charge in [0.15, 0.2) is 0 Å². The lowest BCUT2D eigenvalue weighted by atomic mass is 9.90. The largest absolute Gasteiger partial charge is 0.361 e. The van der Waals surface area contributed by atoms with Crippen molar-refractivity contribution in [2.75, 3.05) is 18.8 Å². The fourth-order valence-corrected chi connectivity index (χ4v) is 6.42. The van der Waals surface area contributed by atoms with Gasteiger partial charge in [-0.3, -0.25) is 4.79 Å². The van der Waals surface area contributed by atoms with Gasteiger partial charge in [-0.05, 0) is 36.5 Å². The molecule has 0 unspecified atom stereocenters. The number of carbonyl (C=O) groups excluding carboxylic acids is 1. The first-order valence-corrected chi connectivity index (χ1v) is 13.0. The smallest absolute Gasteiger partial charge is 0.238 e. The summed E-state index contributed by atoms with van der Waals surface area (Å²) in [5.41, 5.74) is 3.28. The number of hydrogen-bond donors (Lipinski definition) is 2. The third-order valence-electron chi connectivity index (χ3n) is 6.25. The number of carbonyl (C=O) groups is 1. The lowest BCUT2D eigenvalue weighted by Gasteiger charge is -2.34. The molecule has 2 heterocycles. The van der Waals surface area contributed by atoms with Crippen molar-refractivity contribution in [3.63, 3.8) is 0 Å². The summed E-state index contributed by atoms with van der Waals surface area (Å²) in [6.45, 7) is 2.68. The van der Waals surface area contributed by atoms with Gasteiger partial charge >= 0.3 is 0 Å². The van der Waals surface area contributed by atoms with Crippen LogP contribution < -0.4 is 5.32 Å². The van der Waals surface area contributed by atoms with E-state index in [2.05, 4.69) is 28.5 Å². The summed E-state index contributed by atoms with van der Waals surface area (Å²) in [4.78, 5) is 16.5. The first-order chi connectivity index (χ1) is 15.5. The number of rotatable bonds is 8. The van der Waals surface area contributed by atoms with Crippen molar-refractivity contribution in [1.29, 1.82) is 0 Å². The second-order valence-corrected chi connectivity index (χ2v) is 10.5. The second kappa shape index (κ2) is 9.88. The van der Waals surface area contributed by atoms with Gasteiger partial charge in [0, 0.05) is 36.1 Å². The Morgan fingerprint density at radius 2 is 1.88 bits per heavy atom. The maximum atomic E-state index is 13.2. The molecule has 0 bridgehead atoms. The third-order valence-corrected chi connectivity index (χ3v) is 8.33. The maximum absolute atomic E-state index is 13.2. The molecule has 6 nitrogen and oxygen atoms in total. The van der Waals surface area contributed by atoms with Crippen LogP contribution in [0.5, 0.6) is 0 Å². The lowest BCUT2D eigenvalue weighted by molar-refractivity contribution is -0.125. The zero-order valence-electron chi connectivity index (χ0n) is 18.5. The molecule has 0 spiro atoms. The fraction of sp³-hybridized carbons (Fsp3) is 0.400. The standard InChI is InChI=1S/C25H31N3O3S/c1-2-16-32(30,31)28-15-9-8-14-24(28)25(29)27-17-21(19-10-4-3-5-11-19)22-18-26-23-13-7-6-12-20(22)23/h3-7,10-13,18,21,24,26H,2,8-9,14-17H2,1H3,(H,27,29)/t21-,24+/m0/s1. The van der Waals surface area contributed by atoms with Crippen molar-refractivity contribution in [3.05, 3.63) is 71.9 Å². The van der Waals surface area contributed by atoms with E-state index in [-0.39, 0.29) is 17.6 Å². The Hall–Kier alpha value is -2.64. The van der Waals surface area contributed by atoms with Crippen molar-refractivity contribution in [3.8, 4) is 0 Å². The van der Waals surface area contributed by atoms with E-state index in [1.807, 2.05) is 49.5 Å². The van der Waals surface area contributed by atoms with Gasteiger partial charge in [0.25, 0.3) is 0 Å². The Morgan fingerprint density at radius 1 is 1.12 bits per heavy atom. The Bertz CT molecular complexity index is 1160. The first-order valence-electron chi connectivity index (χ1n) is 11.4. The van der Waals surface area contributed by atoms with E-state index >= 15 is 0 Å². The van der Waals surface area contributed by atoms with Gasteiger partial charge in [0.05, 0.1) is 5.75 Å². The number of nitrogens with zero attached hydrogens (tertiary/aromatic N) is 1. The molecule has 7 heteroatoms. The Morgan fingerprint density at radius 3 is 2.66 bits per heavy atom. The van der Waals surface area contributed by atoms with E-state index in [0.29, 0.717) is 25.9 Å². The summed E-state index contributed by atoms with van der Waals surface area (Å²) in [5.74, 6) is -0.163. The predicted octanol–water partition coefficient (Wildman–Crippen LogP) is 4.01. The molecule has 2 atom stereocenters. The average molecular weight is 454 g/mol. The lowest BCUT2D eigenvalue weighted by Crippen LogP contribution is -2.52. The van der Waals surface area contributed by atoms with Crippen LogP contribution in [0.15, 0.2) is 60.8 Å². The normalized spacial score (nSPS) is 18.5. The van der Waals surface area contributed by atoms with Crippen LogP contribution in [0.2, 0.25) is 0 Å². The average Bonchev–Trinajstić information content (AvgIpc) is 3.24. The van der Waals surface area contributed by atoms with E-state index in [1.165, 1.54) is 4.31 Å². The molecular formula is C25H31N3O3S. The van der Waals surface area contributed by atoms with Crippen LogP contribution in [-0.4, -0.2) is 48.5 Å².